The standard InChI is InChI=1S/C10H9FO/c1-7(11)10-6-8-4-2-3-5-9(8)12-10/h2-7H,1H3/i2D,3D. The third kappa shape index (κ3) is 1.09. The number of benzene rings is 1. The molecule has 1 heterocycles. The molecule has 0 aliphatic heterocycles. The van der Waals surface area contributed by atoms with Gasteiger partial charge in [-0.25, -0.2) is 4.39 Å². The van der Waals surface area contributed by atoms with Gasteiger partial charge in [-0.3, -0.25) is 0 Å². The van der Waals surface area contributed by atoms with Gasteiger partial charge >= 0.3 is 0 Å². The van der Waals surface area contributed by atoms with E-state index < -0.39 is 6.17 Å². The molecule has 0 N–H and O–H groups in total. The molecule has 1 nitrogen and oxygen atoms in total. The van der Waals surface area contributed by atoms with Crippen LogP contribution in [0.25, 0.3) is 11.0 Å². The van der Waals surface area contributed by atoms with E-state index in [0.717, 1.165) is 0 Å². The van der Waals surface area contributed by atoms with Gasteiger partial charge in [0.2, 0.25) is 0 Å². The molecular formula is C10H9FO. The Morgan fingerprint density at radius 3 is 3.00 bits per heavy atom. The van der Waals surface area contributed by atoms with Crippen LogP contribution in [0.2, 0.25) is 0 Å². The van der Waals surface area contributed by atoms with Crippen LogP contribution in [-0.2, 0) is 0 Å². The summed E-state index contributed by atoms with van der Waals surface area (Å²) in [6.07, 6.45) is -1.16. The summed E-state index contributed by atoms with van der Waals surface area (Å²) < 4.78 is 32.8. The molecule has 0 amide bonds. The van der Waals surface area contributed by atoms with E-state index in [1.54, 1.807) is 6.07 Å². The molecule has 0 radical (unpaired) electrons. The highest BCUT2D eigenvalue weighted by Gasteiger charge is 2.08. The largest absolute Gasteiger partial charge is 0.458 e. The second kappa shape index (κ2) is 2.63. The van der Waals surface area contributed by atoms with Crippen LogP contribution in [0.5, 0.6) is 0 Å². The van der Waals surface area contributed by atoms with E-state index in [1.165, 1.54) is 19.1 Å². The van der Waals surface area contributed by atoms with E-state index in [2.05, 4.69) is 0 Å². The number of furan rings is 1. The molecule has 12 heavy (non-hydrogen) atoms. The zero-order valence-corrected chi connectivity index (χ0v) is 6.60. The summed E-state index contributed by atoms with van der Waals surface area (Å²) >= 11 is 0. The molecule has 0 fully saturated rings. The monoisotopic (exact) mass is 166 g/mol. The van der Waals surface area contributed by atoms with Crippen LogP contribution in [0.15, 0.2) is 34.7 Å². The van der Waals surface area contributed by atoms with Gasteiger partial charge in [0.15, 0.2) is 6.17 Å². The topological polar surface area (TPSA) is 13.1 Å². The molecule has 2 heteroatoms. The van der Waals surface area contributed by atoms with E-state index >= 15 is 0 Å². The zero-order chi connectivity index (χ0) is 10.3. The van der Waals surface area contributed by atoms with E-state index in [-0.39, 0.29) is 17.8 Å². The summed E-state index contributed by atoms with van der Waals surface area (Å²) in [6.45, 7) is 1.39. The Bertz CT molecular complexity index is 437. The summed E-state index contributed by atoms with van der Waals surface area (Å²) in [5.41, 5.74) is 0.463. The number of halogens is 1. The average molecular weight is 166 g/mol. The fourth-order valence-corrected chi connectivity index (χ4v) is 1.09. The van der Waals surface area contributed by atoms with Crippen molar-refractivity contribution >= 4 is 11.0 Å². The fraction of sp³-hybridized carbons (Fsp3) is 0.200. The quantitative estimate of drug-likeness (QED) is 0.632. The summed E-state index contributed by atoms with van der Waals surface area (Å²) in [5, 5.41) is 0.672. The van der Waals surface area contributed by atoms with E-state index in [9.17, 15) is 4.39 Å². The highest BCUT2D eigenvalue weighted by atomic mass is 19.1. The third-order valence-corrected chi connectivity index (χ3v) is 1.72. The van der Waals surface area contributed by atoms with Crippen molar-refractivity contribution in [3.63, 3.8) is 0 Å². The lowest BCUT2D eigenvalue weighted by Crippen LogP contribution is -1.77. The van der Waals surface area contributed by atoms with Crippen LogP contribution < -0.4 is 0 Å². The molecular weight excluding hydrogens is 155 g/mol. The second-order valence-electron chi connectivity index (χ2n) is 2.66. The summed E-state index contributed by atoms with van der Waals surface area (Å²) in [6, 6.07) is 4.72. The normalized spacial score (nSPS) is 15.8. The number of rotatable bonds is 1. The van der Waals surface area contributed by atoms with Gasteiger partial charge in [0.1, 0.15) is 11.3 Å². The first-order valence-electron chi connectivity index (χ1n) is 4.72. The first-order valence-corrected chi connectivity index (χ1v) is 3.72. The Morgan fingerprint density at radius 1 is 1.50 bits per heavy atom. The van der Waals surface area contributed by atoms with Gasteiger partial charge in [-0.1, -0.05) is 18.2 Å². The lowest BCUT2D eigenvalue weighted by Gasteiger charge is -1.91. The minimum absolute atomic E-state index is 0.0879. The van der Waals surface area contributed by atoms with Crippen molar-refractivity contribution in [1.29, 1.82) is 0 Å². The maximum atomic E-state index is 12.9. The van der Waals surface area contributed by atoms with Crippen molar-refractivity contribution in [1.82, 2.24) is 0 Å². The Hall–Kier alpha value is -1.31. The fourth-order valence-electron chi connectivity index (χ4n) is 1.09. The molecule has 1 aromatic carbocycles. The molecule has 0 saturated heterocycles. The zero-order valence-electron chi connectivity index (χ0n) is 8.60. The van der Waals surface area contributed by atoms with E-state index in [1.807, 2.05) is 0 Å². The van der Waals surface area contributed by atoms with Gasteiger partial charge in [0.05, 0.1) is 2.74 Å². The first kappa shape index (κ1) is 5.36. The average Bonchev–Trinajstić information content (AvgIpc) is 2.48. The molecule has 0 bridgehead atoms. The van der Waals surface area contributed by atoms with E-state index in [4.69, 9.17) is 7.16 Å². The molecule has 0 saturated carbocycles. The molecule has 1 unspecified atom stereocenters. The van der Waals surface area contributed by atoms with Crippen molar-refractivity contribution < 1.29 is 11.5 Å². The number of alkyl halides is 1. The lowest BCUT2D eigenvalue weighted by molar-refractivity contribution is 0.317. The van der Waals surface area contributed by atoms with Crippen molar-refractivity contribution in [2.24, 2.45) is 0 Å². The van der Waals surface area contributed by atoms with Gasteiger partial charge in [-0.05, 0) is 19.1 Å². The van der Waals surface area contributed by atoms with Crippen molar-refractivity contribution in [3.05, 3.63) is 36.0 Å². The molecule has 2 aromatic rings. The third-order valence-electron chi connectivity index (χ3n) is 1.72. The molecule has 2 rings (SSSR count). The molecule has 62 valence electrons. The minimum Gasteiger partial charge on any atom is -0.458 e. The molecule has 1 aromatic heterocycles. The maximum Gasteiger partial charge on any atom is 0.155 e. The van der Waals surface area contributed by atoms with Crippen LogP contribution in [0.1, 0.15) is 21.6 Å². The van der Waals surface area contributed by atoms with Gasteiger partial charge < -0.3 is 4.42 Å². The van der Waals surface area contributed by atoms with Crippen LogP contribution in [-0.4, -0.2) is 0 Å². The Morgan fingerprint density at radius 2 is 2.25 bits per heavy atom. The SMILES string of the molecule is [2H]c1cc2cc(C(C)F)oc2cc1[2H]. The Balaban J connectivity index is 2.66. The number of para-hydroxylation sites is 1. The van der Waals surface area contributed by atoms with E-state index in [0.29, 0.717) is 11.0 Å². The lowest BCUT2D eigenvalue weighted by atomic mass is 10.2. The maximum absolute atomic E-state index is 12.9. The first-order chi connectivity index (χ1) is 6.58. The van der Waals surface area contributed by atoms with Gasteiger partial charge in [0, 0.05) is 5.39 Å². The number of fused-ring (bicyclic) bond motifs is 1. The van der Waals surface area contributed by atoms with Gasteiger partial charge in [-0.2, -0.15) is 0 Å². The van der Waals surface area contributed by atoms with Crippen LogP contribution in [0.3, 0.4) is 0 Å². The van der Waals surface area contributed by atoms with Crippen molar-refractivity contribution in [3.8, 4) is 0 Å². The van der Waals surface area contributed by atoms with Crippen molar-refractivity contribution in [2.75, 3.05) is 0 Å². The van der Waals surface area contributed by atoms with Crippen LogP contribution >= 0.6 is 0 Å². The predicted octanol–water partition coefficient (Wildman–Crippen LogP) is 3.46. The molecule has 0 aliphatic carbocycles. The van der Waals surface area contributed by atoms with Crippen molar-refractivity contribution in [2.45, 2.75) is 13.1 Å². The second-order valence-corrected chi connectivity index (χ2v) is 2.66. The van der Waals surface area contributed by atoms with Crippen LogP contribution in [0, 0.1) is 0 Å². The molecule has 1 atom stereocenters. The highest BCUT2D eigenvalue weighted by molar-refractivity contribution is 5.77. The van der Waals surface area contributed by atoms with Crippen LogP contribution in [0.4, 0.5) is 4.39 Å². The minimum atomic E-state index is -1.16. The Labute approximate surface area is 72.6 Å². The molecule has 0 aliphatic rings. The number of hydrogen-bond acceptors (Lipinski definition) is 1. The van der Waals surface area contributed by atoms with Gasteiger partial charge in [-0.15, -0.1) is 0 Å². The number of hydrogen-bond donors (Lipinski definition) is 0. The summed E-state index contributed by atoms with van der Waals surface area (Å²) in [5.74, 6) is 0.241. The summed E-state index contributed by atoms with van der Waals surface area (Å²) in [7, 11) is 0. The smallest absolute Gasteiger partial charge is 0.155 e. The summed E-state index contributed by atoms with van der Waals surface area (Å²) in [4.78, 5) is 0. The highest BCUT2D eigenvalue weighted by Crippen LogP contribution is 2.25. The van der Waals surface area contributed by atoms with Gasteiger partial charge in [0.25, 0.3) is 0 Å². The Kier molecular flexibility index (Phi) is 1.17. The molecule has 0 spiro atoms. The predicted molar refractivity (Wildman–Crippen MR) is 45.7 cm³/mol.